The number of nitrogens with zero attached hydrogens (tertiary/aromatic N) is 2. The van der Waals surface area contributed by atoms with E-state index in [1.54, 1.807) is 0 Å². The van der Waals surface area contributed by atoms with Crippen molar-refractivity contribution in [2.24, 2.45) is 0 Å². The van der Waals surface area contributed by atoms with E-state index in [4.69, 9.17) is 0 Å². The average Bonchev–Trinajstić information content (AvgIpc) is 2.99. The lowest BCUT2D eigenvalue weighted by Gasteiger charge is -2.28. The number of amides is 1. The highest BCUT2D eigenvalue weighted by molar-refractivity contribution is 5.95. The number of hydrogen-bond donors (Lipinski definition) is 1. The van der Waals surface area contributed by atoms with Crippen LogP contribution >= 0.6 is 12.4 Å². The highest BCUT2D eigenvalue weighted by Crippen LogP contribution is 2.19. The van der Waals surface area contributed by atoms with Gasteiger partial charge in [0.2, 0.25) is 0 Å². The summed E-state index contributed by atoms with van der Waals surface area (Å²) in [7, 11) is 3.87. The van der Waals surface area contributed by atoms with Gasteiger partial charge in [-0.3, -0.25) is 9.69 Å². The lowest BCUT2D eigenvalue weighted by Crippen LogP contribution is -2.41. The molecule has 1 aliphatic heterocycles. The fraction of sp³-hybridized carbons (Fsp3) is 0.611. The molecule has 0 bridgehead atoms. The molecule has 0 aliphatic carbocycles. The fourth-order valence-electron chi connectivity index (χ4n) is 3.33. The molecule has 1 aromatic carbocycles. The molecule has 5 heteroatoms. The van der Waals surface area contributed by atoms with E-state index in [-0.39, 0.29) is 18.3 Å². The molecule has 1 fully saturated rings. The Hall–Kier alpha value is -1.10. The maximum atomic E-state index is 12.8. The first kappa shape index (κ1) is 19.9. The Bertz CT molecular complexity index is 495. The zero-order valence-corrected chi connectivity index (χ0v) is 15.4. The molecule has 1 saturated heterocycles. The van der Waals surface area contributed by atoms with Crippen molar-refractivity contribution >= 4 is 18.3 Å². The highest BCUT2D eigenvalue weighted by atomic mass is 35.5. The van der Waals surface area contributed by atoms with E-state index in [0.717, 1.165) is 37.2 Å². The topological polar surface area (TPSA) is 35.6 Å². The first-order chi connectivity index (χ1) is 10.7. The Labute approximate surface area is 146 Å². The van der Waals surface area contributed by atoms with Crippen LogP contribution in [0.5, 0.6) is 0 Å². The number of rotatable bonds is 7. The van der Waals surface area contributed by atoms with E-state index in [2.05, 4.69) is 23.2 Å². The number of nitrogens with one attached hydrogen (secondary N) is 1. The molecule has 1 atom stereocenters. The molecule has 1 aromatic rings. The maximum Gasteiger partial charge on any atom is 0.253 e. The summed E-state index contributed by atoms with van der Waals surface area (Å²) in [4.78, 5) is 17.2. The second-order valence-electron chi connectivity index (χ2n) is 6.12. The summed E-state index contributed by atoms with van der Waals surface area (Å²) in [6.07, 6.45) is 3.34. The Morgan fingerprint density at radius 2 is 2.13 bits per heavy atom. The lowest BCUT2D eigenvalue weighted by atomic mass is 10.0. The van der Waals surface area contributed by atoms with Crippen molar-refractivity contribution < 1.29 is 4.79 Å². The van der Waals surface area contributed by atoms with Gasteiger partial charge in [0, 0.05) is 25.2 Å². The number of likely N-dealkylation sites (tertiary alicyclic amines) is 1. The monoisotopic (exact) mass is 339 g/mol. The van der Waals surface area contributed by atoms with Gasteiger partial charge in [0.05, 0.1) is 0 Å². The van der Waals surface area contributed by atoms with Gasteiger partial charge < -0.3 is 10.2 Å². The number of carbonyl (C=O) groups is 1. The lowest BCUT2D eigenvalue weighted by molar-refractivity contribution is 0.0753. The van der Waals surface area contributed by atoms with Crippen molar-refractivity contribution in [3.8, 4) is 0 Å². The molecule has 130 valence electrons. The van der Waals surface area contributed by atoms with Gasteiger partial charge in [-0.2, -0.15) is 0 Å². The van der Waals surface area contributed by atoms with Gasteiger partial charge >= 0.3 is 0 Å². The van der Waals surface area contributed by atoms with E-state index in [9.17, 15) is 4.79 Å². The predicted octanol–water partition coefficient (Wildman–Crippen LogP) is 2.43. The maximum absolute atomic E-state index is 12.8. The van der Waals surface area contributed by atoms with Crippen LogP contribution in [0, 0.1) is 0 Å². The fourth-order valence-corrected chi connectivity index (χ4v) is 3.33. The predicted molar refractivity (Wildman–Crippen MR) is 98.6 cm³/mol. The summed E-state index contributed by atoms with van der Waals surface area (Å²) in [5.74, 6) is 0.148. The molecule has 1 heterocycles. The smallest absolute Gasteiger partial charge is 0.253 e. The molecule has 1 unspecified atom stereocenters. The largest absolute Gasteiger partial charge is 0.340 e. The molecular weight excluding hydrogens is 310 g/mol. The molecule has 0 radical (unpaired) electrons. The number of halogens is 1. The second kappa shape index (κ2) is 9.91. The van der Waals surface area contributed by atoms with Gasteiger partial charge in [-0.25, -0.2) is 0 Å². The summed E-state index contributed by atoms with van der Waals surface area (Å²) in [5, 5.41) is 3.15. The molecule has 0 spiro atoms. The molecule has 0 aromatic heterocycles. The van der Waals surface area contributed by atoms with Crippen molar-refractivity contribution in [1.82, 2.24) is 15.1 Å². The zero-order valence-electron chi connectivity index (χ0n) is 14.5. The van der Waals surface area contributed by atoms with E-state index in [0.29, 0.717) is 6.04 Å². The Balaban J connectivity index is 0.00000264. The number of benzene rings is 1. The van der Waals surface area contributed by atoms with Crippen molar-refractivity contribution in [3.05, 3.63) is 35.4 Å². The van der Waals surface area contributed by atoms with Crippen LogP contribution in [0.3, 0.4) is 0 Å². The summed E-state index contributed by atoms with van der Waals surface area (Å²) >= 11 is 0. The SMILES string of the molecule is CCN1CCCC1CN(C)C(=O)c1ccccc1CCNC.Cl. The average molecular weight is 340 g/mol. The van der Waals surface area contributed by atoms with Gasteiger partial charge in [0.25, 0.3) is 5.91 Å². The van der Waals surface area contributed by atoms with Crippen molar-refractivity contribution in [1.29, 1.82) is 0 Å². The van der Waals surface area contributed by atoms with Crippen LogP contribution in [-0.2, 0) is 6.42 Å². The van der Waals surface area contributed by atoms with Gasteiger partial charge in [0.1, 0.15) is 0 Å². The highest BCUT2D eigenvalue weighted by Gasteiger charge is 2.26. The minimum absolute atomic E-state index is 0. The van der Waals surface area contributed by atoms with Crippen molar-refractivity contribution in [3.63, 3.8) is 0 Å². The summed E-state index contributed by atoms with van der Waals surface area (Å²) in [6.45, 7) is 6.16. The molecule has 1 aliphatic rings. The van der Waals surface area contributed by atoms with Crippen LogP contribution in [0.1, 0.15) is 35.7 Å². The van der Waals surface area contributed by atoms with Gasteiger partial charge in [-0.1, -0.05) is 25.1 Å². The standard InChI is InChI=1S/C18H29N3O.ClH/c1-4-21-13-7-9-16(21)14-20(3)18(22)17-10-6-5-8-15(17)11-12-19-2;/h5-6,8,10,16,19H,4,7,9,11-14H2,1-3H3;1H. The first-order valence-corrected chi connectivity index (χ1v) is 8.39. The first-order valence-electron chi connectivity index (χ1n) is 8.39. The molecule has 1 amide bonds. The van der Waals surface area contributed by atoms with Gasteiger partial charge in [-0.15, -0.1) is 12.4 Å². The molecule has 4 nitrogen and oxygen atoms in total. The van der Waals surface area contributed by atoms with E-state index in [1.165, 1.54) is 19.4 Å². The number of hydrogen-bond acceptors (Lipinski definition) is 3. The quantitative estimate of drug-likeness (QED) is 0.828. The third-order valence-corrected chi connectivity index (χ3v) is 4.63. The molecule has 0 saturated carbocycles. The van der Waals surface area contributed by atoms with Crippen LogP contribution in [0.25, 0.3) is 0 Å². The molecule has 23 heavy (non-hydrogen) atoms. The van der Waals surface area contributed by atoms with Gasteiger partial charge in [0.15, 0.2) is 0 Å². The van der Waals surface area contributed by atoms with Crippen LogP contribution in [0.2, 0.25) is 0 Å². The summed E-state index contributed by atoms with van der Waals surface area (Å²) in [6, 6.07) is 8.50. The van der Waals surface area contributed by atoms with Gasteiger partial charge in [-0.05, 0) is 57.6 Å². The number of likely N-dealkylation sites (N-methyl/N-ethyl adjacent to an activating group) is 3. The van der Waals surface area contributed by atoms with Crippen LogP contribution < -0.4 is 5.32 Å². The minimum atomic E-state index is 0. The Morgan fingerprint density at radius 1 is 1.39 bits per heavy atom. The van der Waals surface area contributed by atoms with Crippen LogP contribution in [-0.4, -0.2) is 62.0 Å². The second-order valence-corrected chi connectivity index (χ2v) is 6.12. The minimum Gasteiger partial charge on any atom is -0.340 e. The molecular formula is C18H30ClN3O. The Kier molecular flexibility index (Phi) is 8.59. The van der Waals surface area contributed by atoms with Crippen LogP contribution in [0.15, 0.2) is 24.3 Å². The zero-order chi connectivity index (χ0) is 15.9. The van der Waals surface area contributed by atoms with E-state index in [1.807, 2.05) is 37.2 Å². The van der Waals surface area contributed by atoms with E-state index >= 15 is 0 Å². The third kappa shape index (κ3) is 5.20. The van der Waals surface area contributed by atoms with Crippen LogP contribution in [0.4, 0.5) is 0 Å². The van der Waals surface area contributed by atoms with Crippen molar-refractivity contribution in [2.45, 2.75) is 32.2 Å². The summed E-state index contributed by atoms with van der Waals surface area (Å²) < 4.78 is 0. The Morgan fingerprint density at radius 3 is 2.83 bits per heavy atom. The third-order valence-electron chi connectivity index (χ3n) is 4.63. The van der Waals surface area contributed by atoms with E-state index < -0.39 is 0 Å². The molecule has 2 rings (SSSR count). The van der Waals surface area contributed by atoms with Crippen molar-refractivity contribution in [2.75, 3.05) is 40.3 Å². The molecule has 1 N–H and O–H groups in total. The summed E-state index contributed by atoms with van der Waals surface area (Å²) in [5.41, 5.74) is 1.98. The number of carbonyl (C=O) groups excluding carboxylic acids is 1. The normalized spacial score (nSPS) is 17.8.